The first-order valence-electron chi connectivity index (χ1n) is 5.67. The molecule has 1 atom stereocenters. The summed E-state index contributed by atoms with van der Waals surface area (Å²) < 4.78 is 4.86. The molecule has 0 aliphatic rings. The quantitative estimate of drug-likeness (QED) is 0.646. The van der Waals surface area contributed by atoms with Crippen LogP contribution in [-0.4, -0.2) is 24.4 Å². The molecule has 0 heterocycles. The molecule has 0 fully saturated rings. The summed E-state index contributed by atoms with van der Waals surface area (Å²) in [6, 6.07) is 5.68. The first kappa shape index (κ1) is 14.1. The molecular weight excluding hydrogens is 234 g/mol. The van der Waals surface area contributed by atoms with E-state index in [-0.39, 0.29) is 5.97 Å². The highest BCUT2D eigenvalue weighted by Gasteiger charge is 2.14. The van der Waals surface area contributed by atoms with E-state index in [1.54, 1.807) is 18.7 Å². The first-order valence-corrected chi connectivity index (χ1v) is 6.65. The minimum Gasteiger partial charge on any atom is -0.465 e. The molecule has 1 aromatic rings. The zero-order valence-electron chi connectivity index (χ0n) is 10.5. The van der Waals surface area contributed by atoms with Gasteiger partial charge in [0.05, 0.1) is 6.61 Å². The van der Waals surface area contributed by atoms with Crippen molar-refractivity contribution in [3.05, 3.63) is 29.3 Å². The van der Waals surface area contributed by atoms with E-state index < -0.39 is 6.04 Å². The lowest BCUT2D eigenvalue weighted by Crippen LogP contribution is -2.34. The number of carbonyl (C=O) groups excluding carboxylic acids is 1. The SMILES string of the molecule is CCOC(=O)C(N)CSc1ccc(C)c(C)c1. The van der Waals surface area contributed by atoms with Gasteiger partial charge in [-0.25, -0.2) is 0 Å². The molecule has 0 amide bonds. The van der Waals surface area contributed by atoms with Gasteiger partial charge in [-0.1, -0.05) is 6.07 Å². The van der Waals surface area contributed by atoms with Crippen molar-refractivity contribution in [1.82, 2.24) is 0 Å². The third kappa shape index (κ3) is 4.40. The van der Waals surface area contributed by atoms with Crippen molar-refractivity contribution in [2.75, 3.05) is 12.4 Å². The standard InChI is InChI=1S/C13H19NO2S/c1-4-16-13(15)12(14)8-17-11-6-5-9(2)10(3)7-11/h5-7,12H,4,8,14H2,1-3H3. The Morgan fingerprint density at radius 1 is 1.41 bits per heavy atom. The molecule has 94 valence electrons. The van der Waals surface area contributed by atoms with Gasteiger partial charge in [-0.2, -0.15) is 0 Å². The number of esters is 1. The Morgan fingerprint density at radius 3 is 2.71 bits per heavy atom. The molecule has 0 bridgehead atoms. The minimum atomic E-state index is -0.554. The Labute approximate surface area is 107 Å². The van der Waals surface area contributed by atoms with Gasteiger partial charge in [-0.15, -0.1) is 11.8 Å². The molecule has 0 aliphatic carbocycles. The predicted molar refractivity (Wildman–Crippen MR) is 71.2 cm³/mol. The normalized spacial score (nSPS) is 12.2. The maximum absolute atomic E-state index is 11.3. The van der Waals surface area contributed by atoms with Gasteiger partial charge in [0.1, 0.15) is 6.04 Å². The summed E-state index contributed by atoms with van der Waals surface area (Å²) in [6.07, 6.45) is 0. The third-order valence-corrected chi connectivity index (χ3v) is 3.61. The molecule has 0 aromatic heterocycles. The Hall–Kier alpha value is -1.00. The van der Waals surface area contributed by atoms with Crippen LogP contribution in [0.1, 0.15) is 18.1 Å². The molecule has 1 rings (SSSR count). The molecule has 0 saturated heterocycles. The van der Waals surface area contributed by atoms with E-state index in [2.05, 4.69) is 26.0 Å². The van der Waals surface area contributed by atoms with E-state index in [1.165, 1.54) is 11.1 Å². The lowest BCUT2D eigenvalue weighted by atomic mass is 10.1. The van der Waals surface area contributed by atoms with Crippen LogP contribution in [0.15, 0.2) is 23.1 Å². The van der Waals surface area contributed by atoms with E-state index in [1.807, 2.05) is 6.07 Å². The predicted octanol–water partition coefficient (Wildman–Crippen LogP) is 2.29. The molecule has 0 radical (unpaired) electrons. The van der Waals surface area contributed by atoms with Gasteiger partial charge < -0.3 is 10.5 Å². The Bertz CT molecular complexity index is 393. The minimum absolute atomic E-state index is 0.330. The van der Waals surface area contributed by atoms with Crippen LogP contribution >= 0.6 is 11.8 Å². The number of aryl methyl sites for hydroxylation is 2. The largest absolute Gasteiger partial charge is 0.465 e. The lowest BCUT2D eigenvalue weighted by molar-refractivity contribution is -0.144. The highest BCUT2D eigenvalue weighted by molar-refractivity contribution is 7.99. The van der Waals surface area contributed by atoms with Crippen LogP contribution in [0.25, 0.3) is 0 Å². The molecule has 0 aliphatic heterocycles. The fourth-order valence-corrected chi connectivity index (χ4v) is 2.24. The molecule has 0 saturated carbocycles. The van der Waals surface area contributed by atoms with Crippen LogP contribution in [0.2, 0.25) is 0 Å². The second kappa shape index (κ2) is 6.67. The molecule has 2 N–H and O–H groups in total. The van der Waals surface area contributed by atoms with Crippen molar-refractivity contribution in [2.45, 2.75) is 31.7 Å². The molecule has 1 aromatic carbocycles. The van der Waals surface area contributed by atoms with Crippen molar-refractivity contribution in [3.63, 3.8) is 0 Å². The van der Waals surface area contributed by atoms with Crippen LogP contribution in [0.4, 0.5) is 0 Å². The average Bonchev–Trinajstić information content (AvgIpc) is 2.30. The maximum atomic E-state index is 11.3. The monoisotopic (exact) mass is 253 g/mol. The zero-order valence-corrected chi connectivity index (χ0v) is 11.3. The first-order chi connectivity index (χ1) is 8.04. The summed E-state index contributed by atoms with van der Waals surface area (Å²) in [5.41, 5.74) is 8.24. The van der Waals surface area contributed by atoms with E-state index in [0.717, 1.165) is 4.90 Å². The molecular formula is C13H19NO2S. The van der Waals surface area contributed by atoms with Crippen molar-refractivity contribution < 1.29 is 9.53 Å². The number of hydrogen-bond acceptors (Lipinski definition) is 4. The number of nitrogens with two attached hydrogens (primary N) is 1. The van der Waals surface area contributed by atoms with Gasteiger partial charge in [0.25, 0.3) is 0 Å². The summed E-state index contributed by atoms with van der Waals surface area (Å²) in [5, 5.41) is 0. The van der Waals surface area contributed by atoms with E-state index >= 15 is 0 Å². The summed E-state index contributed by atoms with van der Waals surface area (Å²) in [5.74, 6) is 0.213. The third-order valence-electron chi connectivity index (χ3n) is 2.50. The smallest absolute Gasteiger partial charge is 0.323 e. The Morgan fingerprint density at radius 2 is 2.12 bits per heavy atom. The molecule has 0 spiro atoms. The number of hydrogen-bond donors (Lipinski definition) is 1. The van der Waals surface area contributed by atoms with Crippen LogP contribution in [0, 0.1) is 13.8 Å². The highest BCUT2D eigenvalue weighted by Crippen LogP contribution is 2.21. The number of rotatable bonds is 5. The van der Waals surface area contributed by atoms with Crippen molar-refractivity contribution in [1.29, 1.82) is 0 Å². The number of benzene rings is 1. The number of ether oxygens (including phenoxy) is 1. The summed E-state index contributed by atoms with van der Waals surface area (Å²) in [4.78, 5) is 12.5. The summed E-state index contributed by atoms with van der Waals surface area (Å²) in [7, 11) is 0. The Balaban J connectivity index is 2.50. The number of carbonyl (C=O) groups is 1. The molecule has 3 nitrogen and oxygen atoms in total. The van der Waals surface area contributed by atoms with Crippen LogP contribution in [0.3, 0.4) is 0 Å². The van der Waals surface area contributed by atoms with Gasteiger partial charge >= 0.3 is 5.97 Å². The molecule has 4 heteroatoms. The van der Waals surface area contributed by atoms with Crippen LogP contribution in [0.5, 0.6) is 0 Å². The van der Waals surface area contributed by atoms with Gasteiger partial charge in [0.15, 0.2) is 0 Å². The van der Waals surface area contributed by atoms with Crippen LogP contribution in [-0.2, 0) is 9.53 Å². The summed E-state index contributed by atoms with van der Waals surface area (Å²) in [6.45, 7) is 6.31. The van der Waals surface area contributed by atoms with E-state index in [4.69, 9.17) is 10.5 Å². The second-order valence-electron chi connectivity index (χ2n) is 3.92. The summed E-state index contributed by atoms with van der Waals surface area (Å²) >= 11 is 1.58. The fraction of sp³-hybridized carbons (Fsp3) is 0.462. The number of thioether (sulfide) groups is 1. The highest BCUT2D eigenvalue weighted by atomic mass is 32.2. The van der Waals surface area contributed by atoms with Crippen molar-refractivity contribution >= 4 is 17.7 Å². The van der Waals surface area contributed by atoms with Crippen molar-refractivity contribution in [3.8, 4) is 0 Å². The average molecular weight is 253 g/mol. The zero-order chi connectivity index (χ0) is 12.8. The molecule has 1 unspecified atom stereocenters. The van der Waals surface area contributed by atoms with Crippen LogP contribution < -0.4 is 5.73 Å². The van der Waals surface area contributed by atoms with E-state index in [9.17, 15) is 4.79 Å². The van der Waals surface area contributed by atoms with Gasteiger partial charge in [0, 0.05) is 10.6 Å². The Kier molecular flexibility index (Phi) is 5.51. The van der Waals surface area contributed by atoms with Crippen molar-refractivity contribution in [2.24, 2.45) is 5.73 Å². The van der Waals surface area contributed by atoms with Gasteiger partial charge in [-0.3, -0.25) is 4.79 Å². The van der Waals surface area contributed by atoms with Gasteiger partial charge in [0.2, 0.25) is 0 Å². The molecule has 17 heavy (non-hydrogen) atoms. The van der Waals surface area contributed by atoms with E-state index in [0.29, 0.717) is 12.4 Å². The lowest BCUT2D eigenvalue weighted by Gasteiger charge is -2.10. The topological polar surface area (TPSA) is 52.3 Å². The second-order valence-corrected chi connectivity index (χ2v) is 5.01. The maximum Gasteiger partial charge on any atom is 0.323 e. The fourth-order valence-electron chi connectivity index (χ4n) is 1.31. The van der Waals surface area contributed by atoms with Gasteiger partial charge in [-0.05, 0) is 44.0 Å².